The molecule has 0 aromatic rings. The predicted octanol–water partition coefficient (Wildman–Crippen LogP) is 0.0388. The topological polar surface area (TPSA) is 63.4 Å². The third kappa shape index (κ3) is 2.15. The minimum Gasteiger partial charge on any atom is -0.328 e. The second-order valence-electron chi connectivity index (χ2n) is 3.39. The quantitative estimate of drug-likeness (QED) is 0.627. The molecule has 0 fully saturated rings. The molecular weight excluding hydrogens is 168 g/mol. The number of nitrogens with zero attached hydrogens (tertiary/aromatic N) is 1. The van der Waals surface area contributed by atoms with E-state index in [-0.39, 0.29) is 17.9 Å². The number of rotatable bonds is 3. The normalized spacial score (nSPS) is 19.3. The van der Waals surface area contributed by atoms with Gasteiger partial charge >= 0.3 is 0 Å². The van der Waals surface area contributed by atoms with E-state index in [4.69, 9.17) is 5.73 Å². The van der Waals surface area contributed by atoms with E-state index in [1.165, 1.54) is 11.0 Å². The lowest BCUT2D eigenvalue weighted by atomic mass is 10.2. The Balaban J connectivity index is 2.54. The van der Waals surface area contributed by atoms with Gasteiger partial charge in [-0.1, -0.05) is 0 Å². The van der Waals surface area contributed by atoms with Crippen LogP contribution in [0.2, 0.25) is 0 Å². The summed E-state index contributed by atoms with van der Waals surface area (Å²) in [7, 11) is 0. The third-order valence-electron chi connectivity index (χ3n) is 2.00. The van der Waals surface area contributed by atoms with Gasteiger partial charge in [0, 0.05) is 24.2 Å². The number of carbonyl (C=O) groups excluding carboxylic acids is 2. The van der Waals surface area contributed by atoms with Crippen molar-refractivity contribution in [3.05, 3.63) is 11.6 Å². The van der Waals surface area contributed by atoms with Crippen LogP contribution < -0.4 is 5.73 Å². The van der Waals surface area contributed by atoms with Crippen LogP contribution in [0.15, 0.2) is 11.6 Å². The summed E-state index contributed by atoms with van der Waals surface area (Å²) in [6, 6.07) is 0.0153. The summed E-state index contributed by atoms with van der Waals surface area (Å²) >= 11 is 0. The fraction of sp³-hybridized carbons (Fsp3) is 0.556. The number of nitrogens with two attached hydrogens (primary N) is 1. The molecule has 0 radical (unpaired) electrons. The molecule has 0 spiro atoms. The monoisotopic (exact) mass is 182 g/mol. The van der Waals surface area contributed by atoms with Crippen LogP contribution in [0, 0.1) is 0 Å². The van der Waals surface area contributed by atoms with E-state index in [2.05, 4.69) is 0 Å². The number of amides is 2. The van der Waals surface area contributed by atoms with Gasteiger partial charge in [0.25, 0.3) is 11.8 Å². The highest BCUT2D eigenvalue weighted by molar-refractivity contribution is 6.15. The van der Waals surface area contributed by atoms with E-state index in [9.17, 15) is 9.59 Å². The van der Waals surface area contributed by atoms with Crippen LogP contribution in [0.25, 0.3) is 0 Å². The highest BCUT2D eigenvalue weighted by Gasteiger charge is 2.27. The average Bonchev–Trinajstić information content (AvgIpc) is 2.24. The molecule has 2 N–H and O–H groups in total. The first kappa shape index (κ1) is 9.92. The van der Waals surface area contributed by atoms with Crippen molar-refractivity contribution in [3.63, 3.8) is 0 Å². The average molecular weight is 182 g/mol. The molecule has 1 aliphatic rings. The molecule has 1 aliphatic heterocycles. The zero-order chi connectivity index (χ0) is 10.0. The van der Waals surface area contributed by atoms with E-state index in [0.29, 0.717) is 18.5 Å². The van der Waals surface area contributed by atoms with Crippen LogP contribution in [0.5, 0.6) is 0 Å². The molecular formula is C9H14N2O2. The van der Waals surface area contributed by atoms with Crippen molar-refractivity contribution in [1.82, 2.24) is 4.90 Å². The van der Waals surface area contributed by atoms with E-state index in [1.54, 1.807) is 6.92 Å². The second-order valence-corrected chi connectivity index (χ2v) is 3.39. The predicted molar refractivity (Wildman–Crippen MR) is 48.7 cm³/mol. The molecule has 72 valence electrons. The van der Waals surface area contributed by atoms with Gasteiger partial charge in [0.2, 0.25) is 0 Å². The minimum absolute atomic E-state index is 0.0153. The molecule has 1 unspecified atom stereocenters. The van der Waals surface area contributed by atoms with Crippen LogP contribution in [-0.4, -0.2) is 29.3 Å². The maximum Gasteiger partial charge on any atom is 0.256 e. The fourth-order valence-electron chi connectivity index (χ4n) is 1.18. The molecule has 13 heavy (non-hydrogen) atoms. The van der Waals surface area contributed by atoms with Crippen molar-refractivity contribution >= 4 is 11.8 Å². The fourth-order valence-corrected chi connectivity index (χ4v) is 1.18. The molecule has 0 aliphatic carbocycles. The number of imide groups is 1. The number of hydrogen-bond acceptors (Lipinski definition) is 3. The summed E-state index contributed by atoms with van der Waals surface area (Å²) in [6.07, 6.45) is 2.02. The van der Waals surface area contributed by atoms with Crippen molar-refractivity contribution in [2.45, 2.75) is 26.3 Å². The Hall–Kier alpha value is -1.16. The maximum atomic E-state index is 11.3. The molecule has 4 heteroatoms. The van der Waals surface area contributed by atoms with Crippen LogP contribution in [0.3, 0.4) is 0 Å². The van der Waals surface area contributed by atoms with Crippen LogP contribution in [0.4, 0.5) is 0 Å². The zero-order valence-corrected chi connectivity index (χ0v) is 7.91. The summed E-state index contributed by atoms with van der Waals surface area (Å²) in [5.74, 6) is -0.409. The van der Waals surface area contributed by atoms with Gasteiger partial charge in [0.05, 0.1) is 0 Å². The van der Waals surface area contributed by atoms with Gasteiger partial charge in [0.15, 0.2) is 0 Å². The summed E-state index contributed by atoms with van der Waals surface area (Å²) in [5.41, 5.74) is 6.04. The Morgan fingerprint density at radius 2 is 2.15 bits per heavy atom. The first-order valence-corrected chi connectivity index (χ1v) is 4.32. The summed E-state index contributed by atoms with van der Waals surface area (Å²) in [5, 5.41) is 0. The van der Waals surface area contributed by atoms with E-state index in [0.717, 1.165) is 0 Å². The van der Waals surface area contributed by atoms with Crippen molar-refractivity contribution in [1.29, 1.82) is 0 Å². The highest BCUT2D eigenvalue weighted by atomic mass is 16.2. The molecule has 0 saturated heterocycles. The van der Waals surface area contributed by atoms with Gasteiger partial charge in [-0.3, -0.25) is 14.5 Å². The lowest BCUT2D eigenvalue weighted by molar-refractivity contribution is -0.137. The van der Waals surface area contributed by atoms with E-state index >= 15 is 0 Å². The Kier molecular flexibility index (Phi) is 2.83. The lowest BCUT2D eigenvalue weighted by Gasteiger charge is -2.15. The Morgan fingerprint density at radius 3 is 2.54 bits per heavy atom. The minimum atomic E-state index is -0.219. The third-order valence-corrected chi connectivity index (χ3v) is 2.00. The SMILES string of the molecule is CC1=CC(=O)N(CCC(C)N)C1=O. The van der Waals surface area contributed by atoms with E-state index in [1.807, 2.05) is 6.92 Å². The van der Waals surface area contributed by atoms with Crippen LogP contribution >= 0.6 is 0 Å². The van der Waals surface area contributed by atoms with Crippen molar-refractivity contribution < 1.29 is 9.59 Å². The molecule has 1 heterocycles. The zero-order valence-electron chi connectivity index (χ0n) is 7.91. The summed E-state index contributed by atoms with van der Waals surface area (Å²) < 4.78 is 0. The molecule has 1 atom stereocenters. The van der Waals surface area contributed by atoms with Gasteiger partial charge in [0.1, 0.15) is 0 Å². The maximum absolute atomic E-state index is 11.3. The summed E-state index contributed by atoms with van der Waals surface area (Å²) in [6.45, 7) is 3.92. The van der Waals surface area contributed by atoms with Gasteiger partial charge < -0.3 is 5.73 Å². The van der Waals surface area contributed by atoms with Crippen LogP contribution in [0.1, 0.15) is 20.3 Å². The van der Waals surface area contributed by atoms with Crippen molar-refractivity contribution in [2.75, 3.05) is 6.54 Å². The Morgan fingerprint density at radius 1 is 1.54 bits per heavy atom. The molecule has 0 bridgehead atoms. The van der Waals surface area contributed by atoms with Gasteiger partial charge in [-0.2, -0.15) is 0 Å². The van der Waals surface area contributed by atoms with Gasteiger partial charge in [-0.25, -0.2) is 0 Å². The van der Waals surface area contributed by atoms with Crippen molar-refractivity contribution in [2.24, 2.45) is 5.73 Å². The first-order chi connectivity index (χ1) is 6.02. The number of hydrogen-bond donors (Lipinski definition) is 1. The molecule has 0 saturated carbocycles. The molecule has 4 nitrogen and oxygen atoms in total. The highest BCUT2D eigenvalue weighted by Crippen LogP contribution is 2.12. The van der Waals surface area contributed by atoms with Gasteiger partial charge in [-0.05, 0) is 20.3 Å². The smallest absolute Gasteiger partial charge is 0.256 e. The molecule has 0 aromatic carbocycles. The molecule has 0 aromatic heterocycles. The van der Waals surface area contributed by atoms with Gasteiger partial charge in [-0.15, -0.1) is 0 Å². The second kappa shape index (κ2) is 3.70. The van der Waals surface area contributed by atoms with E-state index < -0.39 is 0 Å². The van der Waals surface area contributed by atoms with Crippen LogP contribution in [-0.2, 0) is 9.59 Å². The van der Waals surface area contributed by atoms with Crippen molar-refractivity contribution in [3.8, 4) is 0 Å². The Bertz CT molecular complexity index is 269. The summed E-state index contributed by atoms with van der Waals surface area (Å²) in [4.78, 5) is 23.8. The standard InChI is InChI=1S/C9H14N2O2/c1-6-5-8(12)11(9(6)13)4-3-7(2)10/h5,7H,3-4,10H2,1-2H3. The lowest BCUT2D eigenvalue weighted by Crippen LogP contribution is -2.34. The molecule has 2 amide bonds. The largest absolute Gasteiger partial charge is 0.328 e. The first-order valence-electron chi connectivity index (χ1n) is 4.32. The number of carbonyl (C=O) groups is 2. The molecule has 1 rings (SSSR count). The Labute approximate surface area is 77.4 Å².